The van der Waals surface area contributed by atoms with Gasteiger partial charge in [0.25, 0.3) is 0 Å². The van der Waals surface area contributed by atoms with Crippen LogP contribution < -0.4 is 10.6 Å². The lowest BCUT2D eigenvalue weighted by Gasteiger charge is -2.37. The third-order valence-corrected chi connectivity index (χ3v) is 2.94. The minimum absolute atomic E-state index is 0.820. The molecule has 0 amide bonds. The maximum absolute atomic E-state index is 3.47. The van der Waals surface area contributed by atoms with E-state index >= 15 is 0 Å². The molecule has 0 saturated carbocycles. The zero-order valence-electron chi connectivity index (χ0n) is 7.68. The van der Waals surface area contributed by atoms with Crippen molar-refractivity contribution in [2.75, 3.05) is 39.3 Å². The first-order valence-electron chi connectivity index (χ1n) is 5.12. The molecule has 0 spiro atoms. The Balaban J connectivity index is 1.80. The monoisotopic (exact) mass is 169 g/mol. The van der Waals surface area contributed by atoms with E-state index < -0.39 is 0 Å². The molecule has 2 aliphatic rings. The van der Waals surface area contributed by atoms with Gasteiger partial charge in [-0.1, -0.05) is 0 Å². The van der Waals surface area contributed by atoms with Gasteiger partial charge in [0.15, 0.2) is 0 Å². The number of nitrogens with one attached hydrogen (secondary N) is 2. The SMILES string of the molecule is C1CNC[C@@H](N2CCNCC2)C1. The van der Waals surface area contributed by atoms with Gasteiger partial charge in [0, 0.05) is 38.8 Å². The molecule has 2 heterocycles. The van der Waals surface area contributed by atoms with Crippen molar-refractivity contribution in [3.8, 4) is 0 Å². The maximum Gasteiger partial charge on any atom is 0.0222 e. The molecule has 0 aromatic heterocycles. The van der Waals surface area contributed by atoms with E-state index in [1.807, 2.05) is 0 Å². The Hall–Kier alpha value is -0.120. The fourth-order valence-electron chi connectivity index (χ4n) is 2.19. The van der Waals surface area contributed by atoms with Crippen LogP contribution in [0.3, 0.4) is 0 Å². The first kappa shape index (κ1) is 8.48. The van der Waals surface area contributed by atoms with Crippen LogP contribution in [0.5, 0.6) is 0 Å². The molecule has 2 saturated heterocycles. The molecule has 0 aromatic carbocycles. The van der Waals surface area contributed by atoms with Crippen molar-refractivity contribution < 1.29 is 0 Å². The van der Waals surface area contributed by atoms with E-state index in [9.17, 15) is 0 Å². The molecule has 2 aliphatic heterocycles. The maximum atomic E-state index is 3.47. The molecule has 2 rings (SSSR count). The van der Waals surface area contributed by atoms with E-state index in [0.29, 0.717) is 0 Å². The normalized spacial score (nSPS) is 33.5. The van der Waals surface area contributed by atoms with Crippen molar-refractivity contribution in [3.63, 3.8) is 0 Å². The van der Waals surface area contributed by atoms with E-state index in [2.05, 4.69) is 15.5 Å². The molecule has 3 heteroatoms. The lowest BCUT2D eigenvalue weighted by molar-refractivity contribution is 0.148. The Morgan fingerprint density at radius 1 is 1.00 bits per heavy atom. The van der Waals surface area contributed by atoms with Crippen LogP contribution in [0, 0.1) is 0 Å². The molecular formula is C9H19N3. The van der Waals surface area contributed by atoms with Gasteiger partial charge in [-0.25, -0.2) is 0 Å². The van der Waals surface area contributed by atoms with Crippen molar-refractivity contribution in [1.29, 1.82) is 0 Å². The van der Waals surface area contributed by atoms with Gasteiger partial charge in [0.1, 0.15) is 0 Å². The minimum atomic E-state index is 0.820. The largest absolute Gasteiger partial charge is 0.315 e. The predicted octanol–water partition coefficient (Wildman–Crippen LogP) is -0.356. The summed E-state index contributed by atoms with van der Waals surface area (Å²) in [5, 5.41) is 6.86. The number of piperidine rings is 1. The van der Waals surface area contributed by atoms with Crippen LogP contribution in [-0.4, -0.2) is 50.2 Å². The number of hydrogen-bond donors (Lipinski definition) is 2. The van der Waals surface area contributed by atoms with Gasteiger partial charge in [-0.05, 0) is 19.4 Å². The highest BCUT2D eigenvalue weighted by atomic mass is 15.2. The Kier molecular flexibility index (Phi) is 2.98. The van der Waals surface area contributed by atoms with Crippen molar-refractivity contribution in [2.24, 2.45) is 0 Å². The average Bonchev–Trinajstić information content (AvgIpc) is 2.21. The third kappa shape index (κ3) is 1.97. The standard InChI is InChI=1S/C9H19N3/c1-2-9(8-11-3-1)12-6-4-10-5-7-12/h9-11H,1-8H2/t9-/m0/s1. The zero-order valence-corrected chi connectivity index (χ0v) is 7.68. The minimum Gasteiger partial charge on any atom is -0.315 e. The predicted molar refractivity (Wildman–Crippen MR) is 50.3 cm³/mol. The zero-order chi connectivity index (χ0) is 8.23. The second-order valence-electron chi connectivity index (χ2n) is 3.79. The molecule has 3 nitrogen and oxygen atoms in total. The molecule has 2 N–H and O–H groups in total. The van der Waals surface area contributed by atoms with Crippen LogP contribution in [0.15, 0.2) is 0 Å². The third-order valence-electron chi connectivity index (χ3n) is 2.94. The summed E-state index contributed by atoms with van der Waals surface area (Å²) in [7, 11) is 0. The summed E-state index contributed by atoms with van der Waals surface area (Å²) < 4.78 is 0. The Bertz CT molecular complexity index is 110. The van der Waals surface area contributed by atoms with Crippen LogP contribution in [0.25, 0.3) is 0 Å². The lowest BCUT2D eigenvalue weighted by Crippen LogP contribution is -2.53. The first-order valence-corrected chi connectivity index (χ1v) is 5.12. The van der Waals surface area contributed by atoms with Gasteiger partial charge in [-0.15, -0.1) is 0 Å². The van der Waals surface area contributed by atoms with Crippen LogP contribution >= 0.6 is 0 Å². The van der Waals surface area contributed by atoms with Crippen LogP contribution in [-0.2, 0) is 0 Å². The van der Waals surface area contributed by atoms with E-state index in [-0.39, 0.29) is 0 Å². The van der Waals surface area contributed by atoms with Crippen molar-refractivity contribution in [1.82, 2.24) is 15.5 Å². The van der Waals surface area contributed by atoms with Crippen LogP contribution in [0.2, 0.25) is 0 Å². The van der Waals surface area contributed by atoms with Crippen LogP contribution in [0.4, 0.5) is 0 Å². The molecule has 0 bridgehead atoms. The first-order chi connectivity index (χ1) is 5.97. The van der Waals surface area contributed by atoms with Gasteiger partial charge in [-0.2, -0.15) is 0 Å². The van der Waals surface area contributed by atoms with Gasteiger partial charge in [0.05, 0.1) is 0 Å². The topological polar surface area (TPSA) is 27.3 Å². The highest BCUT2D eigenvalue weighted by molar-refractivity contribution is 4.81. The molecule has 0 aliphatic carbocycles. The summed E-state index contributed by atoms with van der Waals surface area (Å²) in [5.74, 6) is 0. The van der Waals surface area contributed by atoms with Gasteiger partial charge in [0.2, 0.25) is 0 Å². The fourth-order valence-corrected chi connectivity index (χ4v) is 2.19. The van der Waals surface area contributed by atoms with E-state index in [0.717, 1.165) is 6.04 Å². The number of hydrogen-bond acceptors (Lipinski definition) is 3. The quantitative estimate of drug-likeness (QED) is 0.561. The second-order valence-corrected chi connectivity index (χ2v) is 3.79. The molecule has 12 heavy (non-hydrogen) atoms. The Morgan fingerprint density at radius 3 is 2.50 bits per heavy atom. The summed E-state index contributed by atoms with van der Waals surface area (Å²) in [4.78, 5) is 2.63. The van der Waals surface area contributed by atoms with E-state index in [1.54, 1.807) is 0 Å². The lowest BCUT2D eigenvalue weighted by atomic mass is 10.1. The summed E-state index contributed by atoms with van der Waals surface area (Å²) in [6.45, 7) is 7.27. The Morgan fingerprint density at radius 2 is 1.83 bits per heavy atom. The van der Waals surface area contributed by atoms with Gasteiger partial charge in [-0.3, -0.25) is 4.90 Å². The van der Waals surface area contributed by atoms with E-state index in [4.69, 9.17) is 0 Å². The molecule has 70 valence electrons. The molecular weight excluding hydrogens is 150 g/mol. The number of rotatable bonds is 1. The summed E-state index contributed by atoms with van der Waals surface area (Å²) in [5.41, 5.74) is 0. The molecule has 2 fully saturated rings. The van der Waals surface area contributed by atoms with Crippen molar-refractivity contribution in [2.45, 2.75) is 18.9 Å². The van der Waals surface area contributed by atoms with E-state index in [1.165, 1.54) is 52.1 Å². The molecule has 1 atom stereocenters. The van der Waals surface area contributed by atoms with Gasteiger partial charge >= 0.3 is 0 Å². The number of piperazine rings is 1. The highest BCUT2D eigenvalue weighted by Gasteiger charge is 2.21. The number of nitrogens with zero attached hydrogens (tertiary/aromatic N) is 1. The van der Waals surface area contributed by atoms with Crippen molar-refractivity contribution >= 4 is 0 Å². The summed E-state index contributed by atoms with van der Waals surface area (Å²) in [6, 6.07) is 0.820. The summed E-state index contributed by atoms with van der Waals surface area (Å²) in [6.07, 6.45) is 2.75. The highest BCUT2D eigenvalue weighted by Crippen LogP contribution is 2.10. The average molecular weight is 169 g/mol. The van der Waals surface area contributed by atoms with Crippen LogP contribution in [0.1, 0.15) is 12.8 Å². The second kappa shape index (κ2) is 4.21. The summed E-state index contributed by atoms with van der Waals surface area (Å²) >= 11 is 0. The smallest absolute Gasteiger partial charge is 0.0222 e. The fraction of sp³-hybridized carbons (Fsp3) is 1.00. The molecule has 0 unspecified atom stereocenters. The molecule has 0 aromatic rings. The Labute approximate surface area is 74.5 Å². The van der Waals surface area contributed by atoms with Crippen molar-refractivity contribution in [3.05, 3.63) is 0 Å². The van der Waals surface area contributed by atoms with Gasteiger partial charge < -0.3 is 10.6 Å². The molecule has 0 radical (unpaired) electrons.